The molecule has 0 aliphatic carbocycles. The molecule has 0 saturated carbocycles. The van der Waals surface area contributed by atoms with Crippen molar-refractivity contribution in [3.63, 3.8) is 0 Å². The van der Waals surface area contributed by atoms with E-state index in [1.54, 1.807) is 17.1 Å². The molecule has 0 bridgehead atoms. The average molecular weight is 352 g/mol. The van der Waals surface area contributed by atoms with Crippen LogP contribution in [0, 0.1) is 0 Å². The number of carbonyl (C=O) groups is 2. The highest BCUT2D eigenvalue weighted by atomic mass is 16.2. The molecule has 6 heteroatoms. The Morgan fingerprint density at radius 1 is 1.31 bits per heavy atom. The molecule has 1 aromatic carbocycles. The molecule has 1 aromatic heterocycles. The molecule has 3 atom stereocenters. The predicted octanol–water partition coefficient (Wildman–Crippen LogP) is 2.43. The summed E-state index contributed by atoms with van der Waals surface area (Å²) in [4.78, 5) is 27.6. The monoisotopic (exact) mass is 352 g/mol. The molecule has 4 rings (SSSR count). The number of rotatable bonds is 2. The lowest BCUT2D eigenvalue weighted by atomic mass is 9.88. The van der Waals surface area contributed by atoms with Gasteiger partial charge in [-0.15, -0.1) is 0 Å². The zero-order valence-corrected chi connectivity index (χ0v) is 15.2. The lowest BCUT2D eigenvalue weighted by molar-refractivity contribution is -0.122. The molecule has 1 N–H and O–H groups in total. The Balaban J connectivity index is 1.77. The van der Waals surface area contributed by atoms with E-state index >= 15 is 0 Å². The first kappa shape index (κ1) is 16.8. The second-order valence-electron chi connectivity index (χ2n) is 7.62. The molecule has 2 amide bonds. The van der Waals surface area contributed by atoms with Crippen molar-refractivity contribution in [3.05, 3.63) is 53.9 Å². The summed E-state index contributed by atoms with van der Waals surface area (Å²) >= 11 is 0. The van der Waals surface area contributed by atoms with E-state index in [9.17, 15) is 9.59 Å². The van der Waals surface area contributed by atoms with E-state index in [1.807, 2.05) is 30.1 Å². The van der Waals surface area contributed by atoms with Gasteiger partial charge in [0.2, 0.25) is 5.91 Å². The third kappa shape index (κ3) is 2.79. The zero-order valence-electron chi connectivity index (χ0n) is 15.2. The average Bonchev–Trinajstić information content (AvgIpc) is 3.13. The first-order chi connectivity index (χ1) is 12.5. The van der Waals surface area contributed by atoms with Gasteiger partial charge in [-0.2, -0.15) is 5.10 Å². The molecule has 136 valence electrons. The van der Waals surface area contributed by atoms with Crippen LogP contribution in [-0.2, 0) is 11.8 Å². The maximum Gasteiger partial charge on any atom is 0.257 e. The van der Waals surface area contributed by atoms with Crippen molar-refractivity contribution in [1.29, 1.82) is 0 Å². The molecule has 0 radical (unpaired) electrons. The lowest BCUT2D eigenvalue weighted by Gasteiger charge is -2.35. The van der Waals surface area contributed by atoms with Crippen molar-refractivity contribution in [2.45, 2.75) is 50.2 Å². The van der Waals surface area contributed by atoms with E-state index in [1.165, 1.54) is 0 Å². The van der Waals surface area contributed by atoms with Crippen LogP contribution in [-0.4, -0.2) is 38.1 Å². The number of aromatic nitrogens is 2. The van der Waals surface area contributed by atoms with Crippen molar-refractivity contribution < 1.29 is 9.59 Å². The summed E-state index contributed by atoms with van der Waals surface area (Å²) in [6.07, 6.45) is 6.25. The SMILES string of the molecule is Cn1cc(C(=O)N2[C@H]3CCCC(=O)N[C@@]3(C)C[C@H]2c2ccccc2)cn1. The van der Waals surface area contributed by atoms with Gasteiger partial charge in [0.05, 0.1) is 29.4 Å². The van der Waals surface area contributed by atoms with Gasteiger partial charge >= 0.3 is 0 Å². The Morgan fingerprint density at radius 3 is 2.77 bits per heavy atom. The molecule has 0 spiro atoms. The lowest BCUT2D eigenvalue weighted by Crippen LogP contribution is -2.53. The normalized spacial score (nSPS) is 28.4. The fraction of sp³-hybridized carbons (Fsp3) is 0.450. The molecule has 2 aromatic rings. The Labute approximate surface area is 153 Å². The number of fused-ring (bicyclic) bond motifs is 1. The summed E-state index contributed by atoms with van der Waals surface area (Å²) in [6.45, 7) is 2.08. The molecule has 2 aliphatic heterocycles. The van der Waals surface area contributed by atoms with Crippen molar-refractivity contribution in [2.24, 2.45) is 7.05 Å². The van der Waals surface area contributed by atoms with Crippen LogP contribution in [0.15, 0.2) is 42.7 Å². The molecular formula is C20H24N4O2. The predicted molar refractivity (Wildman–Crippen MR) is 97.4 cm³/mol. The van der Waals surface area contributed by atoms with Crippen molar-refractivity contribution >= 4 is 11.8 Å². The Hall–Kier alpha value is -2.63. The van der Waals surface area contributed by atoms with Gasteiger partial charge in [0.1, 0.15) is 0 Å². The molecular weight excluding hydrogens is 328 g/mol. The van der Waals surface area contributed by atoms with Crippen LogP contribution in [0.2, 0.25) is 0 Å². The van der Waals surface area contributed by atoms with E-state index in [0.717, 1.165) is 24.8 Å². The van der Waals surface area contributed by atoms with Gasteiger partial charge < -0.3 is 10.2 Å². The van der Waals surface area contributed by atoms with E-state index < -0.39 is 5.54 Å². The van der Waals surface area contributed by atoms with Gasteiger partial charge in [-0.05, 0) is 31.7 Å². The minimum absolute atomic E-state index is 0.0168. The summed E-state index contributed by atoms with van der Waals surface area (Å²) < 4.78 is 1.65. The van der Waals surface area contributed by atoms with Crippen LogP contribution in [0.4, 0.5) is 0 Å². The summed E-state index contributed by atoms with van der Waals surface area (Å²) in [5.41, 5.74) is 1.29. The van der Waals surface area contributed by atoms with E-state index in [-0.39, 0.29) is 23.9 Å². The number of benzene rings is 1. The number of likely N-dealkylation sites (tertiary alicyclic amines) is 1. The van der Waals surface area contributed by atoms with Crippen molar-refractivity contribution in [1.82, 2.24) is 20.0 Å². The van der Waals surface area contributed by atoms with E-state index in [4.69, 9.17) is 0 Å². The number of nitrogens with one attached hydrogen (secondary N) is 1. The highest BCUT2D eigenvalue weighted by molar-refractivity contribution is 5.95. The Bertz CT molecular complexity index is 831. The fourth-order valence-corrected chi connectivity index (χ4v) is 4.51. The largest absolute Gasteiger partial charge is 0.349 e. The van der Waals surface area contributed by atoms with E-state index in [2.05, 4.69) is 29.5 Å². The van der Waals surface area contributed by atoms with Gasteiger partial charge in [0, 0.05) is 19.7 Å². The molecule has 2 saturated heterocycles. The number of hydrogen-bond acceptors (Lipinski definition) is 3. The first-order valence-corrected chi connectivity index (χ1v) is 9.15. The minimum atomic E-state index is -0.411. The van der Waals surface area contributed by atoms with Crippen LogP contribution in [0.25, 0.3) is 0 Å². The van der Waals surface area contributed by atoms with Crippen LogP contribution >= 0.6 is 0 Å². The maximum absolute atomic E-state index is 13.4. The van der Waals surface area contributed by atoms with Crippen LogP contribution in [0.3, 0.4) is 0 Å². The Morgan fingerprint density at radius 2 is 2.08 bits per heavy atom. The standard InChI is InChI=1S/C20H24N4O2/c1-20-11-16(14-7-4-3-5-8-14)24(17(20)9-6-10-18(25)22-20)19(26)15-12-21-23(2)13-15/h3-5,7-8,12-13,16-17H,6,9-11H2,1-2H3,(H,22,25)/t16-,17-,20-/m0/s1. The molecule has 3 heterocycles. The topological polar surface area (TPSA) is 67.2 Å². The van der Waals surface area contributed by atoms with Gasteiger partial charge in [-0.1, -0.05) is 30.3 Å². The highest BCUT2D eigenvalue weighted by Crippen LogP contribution is 2.45. The molecule has 2 fully saturated rings. The van der Waals surface area contributed by atoms with Crippen LogP contribution in [0.5, 0.6) is 0 Å². The maximum atomic E-state index is 13.4. The smallest absolute Gasteiger partial charge is 0.257 e. The van der Waals surface area contributed by atoms with Crippen LogP contribution < -0.4 is 5.32 Å². The summed E-state index contributed by atoms with van der Waals surface area (Å²) in [5, 5.41) is 7.36. The fourth-order valence-electron chi connectivity index (χ4n) is 4.51. The second-order valence-corrected chi connectivity index (χ2v) is 7.62. The molecule has 26 heavy (non-hydrogen) atoms. The minimum Gasteiger partial charge on any atom is -0.349 e. The van der Waals surface area contributed by atoms with Crippen molar-refractivity contribution in [3.8, 4) is 0 Å². The molecule has 2 aliphatic rings. The Kier molecular flexibility index (Phi) is 4.05. The van der Waals surface area contributed by atoms with Crippen LogP contribution in [0.1, 0.15) is 54.6 Å². The number of hydrogen-bond donors (Lipinski definition) is 1. The third-order valence-corrected chi connectivity index (χ3v) is 5.70. The number of aryl methyl sites for hydroxylation is 1. The number of carbonyl (C=O) groups excluding carboxylic acids is 2. The molecule has 0 unspecified atom stereocenters. The summed E-state index contributed by atoms with van der Waals surface area (Å²) in [5.74, 6) is 0.0642. The van der Waals surface area contributed by atoms with Crippen molar-refractivity contribution in [2.75, 3.05) is 0 Å². The zero-order chi connectivity index (χ0) is 18.3. The summed E-state index contributed by atoms with van der Waals surface area (Å²) in [6, 6.07) is 10.0. The van der Waals surface area contributed by atoms with Gasteiger partial charge in [0.25, 0.3) is 5.91 Å². The van der Waals surface area contributed by atoms with Gasteiger partial charge in [-0.25, -0.2) is 0 Å². The summed E-state index contributed by atoms with van der Waals surface area (Å²) in [7, 11) is 1.81. The van der Waals surface area contributed by atoms with Gasteiger partial charge in [0.15, 0.2) is 0 Å². The van der Waals surface area contributed by atoms with E-state index in [0.29, 0.717) is 12.0 Å². The first-order valence-electron chi connectivity index (χ1n) is 9.15. The second kappa shape index (κ2) is 6.27. The number of nitrogens with zero attached hydrogens (tertiary/aromatic N) is 3. The molecule has 6 nitrogen and oxygen atoms in total. The quantitative estimate of drug-likeness (QED) is 0.903. The number of amides is 2. The third-order valence-electron chi connectivity index (χ3n) is 5.70. The van der Waals surface area contributed by atoms with Gasteiger partial charge in [-0.3, -0.25) is 14.3 Å². The highest BCUT2D eigenvalue weighted by Gasteiger charge is 2.53.